The normalized spacial score (nSPS) is 11.2. The van der Waals surface area contributed by atoms with Gasteiger partial charge in [0.15, 0.2) is 0 Å². The maximum absolute atomic E-state index is 4.44. The number of aromatic nitrogens is 2. The first kappa shape index (κ1) is 13.3. The van der Waals surface area contributed by atoms with Gasteiger partial charge >= 0.3 is 0 Å². The Bertz CT molecular complexity index is 538. The Hall–Kier alpha value is -1.09. The number of hydrogen-bond donors (Lipinski definition) is 0. The molecule has 2 rings (SSSR count). The molecule has 0 bridgehead atoms. The van der Waals surface area contributed by atoms with Gasteiger partial charge in [0.2, 0.25) is 0 Å². The van der Waals surface area contributed by atoms with Crippen LogP contribution < -0.4 is 0 Å². The van der Waals surface area contributed by atoms with Gasteiger partial charge in [0.05, 0.1) is 5.69 Å². The van der Waals surface area contributed by atoms with Crippen molar-refractivity contribution in [3.8, 4) is 11.3 Å². The van der Waals surface area contributed by atoms with Gasteiger partial charge in [-0.1, -0.05) is 38.1 Å². The standard InChI is InChI=1S/C15H19BrN2/c1-10(2)9-12-5-7-13(8-6-12)14-15(16)17-11(3)18(14)4/h5-8,10H,9H2,1-4H3. The molecule has 1 aromatic heterocycles. The highest BCUT2D eigenvalue weighted by Crippen LogP contribution is 2.28. The molecule has 18 heavy (non-hydrogen) atoms. The smallest absolute Gasteiger partial charge is 0.132 e. The highest BCUT2D eigenvalue weighted by molar-refractivity contribution is 9.10. The quantitative estimate of drug-likeness (QED) is 0.824. The van der Waals surface area contributed by atoms with Crippen molar-refractivity contribution in [1.29, 1.82) is 0 Å². The molecular weight excluding hydrogens is 288 g/mol. The van der Waals surface area contributed by atoms with E-state index in [1.54, 1.807) is 0 Å². The van der Waals surface area contributed by atoms with Crippen LogP contribution in [-0.2, 0) is 13.5 Å². The van der Waals surface area contributed by atoms with Gasteiger partial charge in [0, 0.05) is 12.6 Å². The van der Waals surface area contributed by atoms with E-state index in [-0.39, 0.29) is 0 Å². The van der Waals surface area contributed by atoms with Crippen molar-refractivity contribution >= 4 is 15.9 Å². The second-order valence-corrected chi connectivity index (χ2v) is 5.90. The van der Waals surface area contributed by atoms with E-state index in [0.717, 1.165) is 22.5 Å². The molecular formula is C15H19BrN2. The van der Waals surface area contributed by atoms with Crippen LogP contribution in [0.4, 0.5) is 0 Å². The Morgan fingerprint density at radius 2 is 1.83 bits per heavy atom. The molecule has 1 heterocycles. The summed E-state index contributed by atoms with van der Waals surface area (Å²) in [5.74, 6) is 1.71. The molecule has 1 aromatic carbocycles. The van der Waals surface area contributed by atoms with E-state index in [4.69, 9.17) is 0 Å². The van der Waals surface area contributed by atoms with Gasteiger partial charge in [0.1, 0.15) is 10.4 Å². The number of benzene rings is 1. The summed E-state index contributed by atoms with van der Waals surface area (Å²) in [6.45, 7) is 6.51. The monoisotopic (exact) mass is 306 g/mol. The third-order valence-electron chi connectivity index (χ3n) is 3.15. The van der Waals surface area contributed by atoms with Crippen LogP contribution in [0.1, 0.15) is 25.2 Å². The first-order chi connectivity index (χ1) is 8.49. The minimum absolute atomic E-state index is 0.696. The summed E-state index contributed by atoms with van der Waals surface area (Å²) in [5.41, 5.74) is 3.74. The molecule has 0 aliphatic rings. The van der Waals surface area contributed by atoms with E-state index in [9.17, 15) is 0 Å². The topological polar surface area (TPSA) is 17.8 Å². The van der Waals surface area contributed by atoms with Crippen molar-refractivity contribution in [3.63, 3.8) is 0 Å². The fourth-order valence-electron chi connectivity index (χ4n) is 2.15. The molecule has 0 saturated heterocycles. The highest BCUT2D eigenvalue weighted by atomic mass is 79.9. The van der Waals surface area contributed by atoms with Crippen LogP contribution >= 0.6 is 15.9 Å². The van der Waals surface area contributed by atoms with Crippen molar-refractivity contribution in [3.05, 3.63) is 40.3 Å². The number of hydrogen-bond acceptors (Lipinski definition) is 1. The lowest BCUT2D eigenvalue weighted by Crippen LogP contribution is -1.96. The Morgan fingerprint density at radius 1 is 1.22 bits per heavy atom. The molecule has 0 atom stereocenters. The zero-order chi connectivity index (χ0) is 13.3. The van der Waals surface area contributed by atoms with E-state index in [1.165, 1.54) is 11.1 Å². The third kappa shape index (κ3) is 2.66. The summed E-state index contributed by atoms with van der Waals surface area (Å²) in [5, 5.41) is 0. The Morgan fingerprint density at radius 3 is 2.28 bits per heavy atom. The van der Waals surface area contributed by atoms with Crippen LogP contribution in [0.5, 0.6) is 0 Å². The lowest BCUT2D eigenvalue weighted by molar-refractivity contribution is 0.647. The molecule has 96 valence electrons. The van der Waals surface area contributed by atoms with Gasteiger partial charge in [-0.05, 0) is 40.8 Å². The van der Waals surface area contributed by atoms with Gasteiger partial charge in [-0.2, -0.15) is 0 Å². The van der Waals surface area contributed by atoms with Gasteiger partial charge < -0.3 is 4.57 Å². The van der Waals surface area contributed by atoms with E-state index < -0.39 is 0 Å². The third-order valence-corrected chi connectivity index (χ3v) is 3.70. The zero-order valence-electron chi connectivity index (χ0n) is 11.4. The number of imidazole rings is 1. The molecule has 0 unspecified atom stereocenters. The minimum atomic E-state index is 0.696. The lowest BCUT2D eigenvalue weighted by atomic mass is 10.0. The fraction of sp³-hybridized carbons (Fsp3) is 0.400. The maximum Gasteiger partial charge on any atom is 0.132 e. The van der Waals surface area contributed by atoms with E-state index in [2.05, 4.69) is 63.6 Å². The SMILES string of the molecule is Cc1nc(Br)c(-c2ccc(CC(C)C)cc2)n1C. The number of aryl methyl sites for hydroxylation is 1. The van der Waals surface area contributed by atoms with Crippen molar-refractivity contribution in [2.45, 2.75) is 27.2 Å². The van der Waals surface area contributed by atoms with Crippen LogP contribution in [0.2, 0.25) is 0 Å². The first-order valence-corrected chi connectivity index (χ1v) is 7.06. The van der Waals surface area contributed by atoms with E-state index in [1.807, 2.05) is 14.0 Å². The molecule has 0 N–H and O–H groups in total. The van der Waals surface area contributed by atoms with Crippen LogP contribution in [0.3, 0.4) is 0 Å². The molecule has 0 fully saturated rings. The first-order valence-electron chi connectivity index (χ1n) is 6.27. The Balaban J connectivity index is 2.34. The summed E-state index contributed by atoms with van der Waals surface area (Å²) >= 11 is 3.53. The van der Waals surface area contributed by atoms with Crippen LogP contribution in [0, 0.1) is 12.8 Å². The largest absolute Gasteiger partial charge is 0.330 e. The van der Waals surface area contributed by atoms with Crippen molar-refractivity contribution in [1.82, 2.24) is 9.55 Å². The Labute approximate surface area is 117 Å². The molecule has 3 heteroatoms. The van der Waals surface area contributed by atoms with Crippen molar-refractivity contribution in [2.24, 2.45) is 13.0 Å². The molecule has 2 nitrogen and oxygen atoms in total. The minimum Gasteiger partial charge on any atom is -0.330 e. The molecule has 0 amide bonds. The zero-order valence-corrected chi connectivity index (χ0v) is 13.0. The summed E-state index contributed by atoms with van der Waals surface area (Å²) in [4.78, 5) is 4.44. The summed E-state index contributed by atoms with van der Waals surface area (Å²) in [6.07, 6.45) is 1.13. The second kappa shape index (κ2) is 5.27. The molecule has 0 spiro atoms. The number of rotatable bonds is 3. The average Bonchev–Trinajstić information content (AvgIpc) is 2.54. The van der Waals surface area contributed by atoms with Crippen LogP contribution in [0.15, 0.2) is 28.9 Å². The number of nitrogens with zero attached hydrogens (tertiary/aromatic N) is 2. The second-order valence-electron chi connectivity index (χ2n) is 5.15. The predicted octanol–water partition coefficient (Wildman–Crippen LogP) is 4.36. The molecule has 0 saturated carbocycles. The maximum atomic E-state index is 4.44. The predicted molar refractivity (Wildman–Crippen MR) is 79.6 cm³/mol. The fourth-order valence-corrected chi connectivity index (χ4v) is 2.90. The van der Waals surface area contributed by atoms with Crippen LogP contribution in [0.25, 0.3) is 11.3 Å². The van der Waals surface area contributed by atoms with E-state index in [0.29, 0.717) is 5.92 Å². The molecule has 2 aromatic rings. The van der Waals surface area contributed by atoms with Gasteiger partial charge in [-0.15, -0.1) is 0 Å². The van der Waals surface area contributed by atoms with Crippen molar-refractivity contribution in [2.75, 3.05) is 0 Å². The Kier molecular flexibility index (Phi) is 3.91. The number of halogens is 1. The van der Waals surface area contributed by atoms with E-state index >= 15 is 0 Å². The van der Waals surface area contributed by atoms with Crippen molar-refractivity contribution < 1.29 is 0 Å². The summed E-state index contributed by atoms with van der Waals surface area (Å²) in [7, 11) is 2.05. The molecule has 0 radical (unpaired) electrons. The summed E-state index contributed by atoms with van der Waals surface area (Å²) < 4.78 is 3.03. The highest BCUT2D eigenvalue weighted by Gasteiger charge is 2.11. The van der Waals surface area contributed by atoms with Gasteiger partial charge in [0.25, 0.3) is 0 Å². The average molecular weight is 307 g/mol. The molecule has 0 aliphatic carbocycles. The summed E-state index contributed by atoms with van der Waals surface area (Å²) in [6, 6.07) is 8.78. The van der Waals surface area contributed by atoms with Gasteiger partial charge in [-0.3, -0.25) is 0 Å². The lowest BCUT2D eigenvalue weighted by Gasteiger charge is -2.08. The van der Waals surface area contributed by atoms with Gasteiger partial charge in [-0.25, -0.2) is 4.98 Å². The van der Waals surface area contributed by atoms with Crippen LogP contribution in [-0.4, -0.2) is 9.55 Å². The molecule has 0 aliphatic heterocycles.